The highest BCUT2D eigenvalue weighted by atomic mass is 32.1. The summed E-state index contributed by atoms with van der Waals surface area (Å²) in [5.74, 6) is -0.499. The zero-order valence-electron chi connectivity index (χ0n) is 12.7. The molecule has 2 aromatic heterocycles. The second-order valence-electron chi connectivity index (χ2n) is 5.34. The molecule has 5 nitrogen and oxygen atoms in total. The van der Waals surface area contributed by atoms with Gasteiger partial charge in [0.1, 0.15) is 17.4 Å². The first-order chi connectivity index (χ1) is 11.6. The predicted octanol–water partition coefficient (Wildman–Crippen LogP) is 3.96. The standard InChI is InChI=1S/C18H12N2O3S/c1-10-19-14-8-11(6-7-16(14)24-10)20-18(22)13-9-23-15-5-3-2-4-12(15)17(13)21/h2-9H,1H3,(H,20,22). The average Bonchev–Trinajstić information content (AvgIpc) is 2.94. The number of amides is 1. The lowest BCUT2D eigenvalue weighted by atomic mass is 10.1. The van der Waals surface area contributed by atoms with Gasteiger partial charge in [0.25, 0.3) is 5.91 Å². The summed E-state index contributed by atoms with van der Waals surface area (Å²) in [5.41, 5.74) is 1.49. The summed E-state index contributed by atoms with van der Waals surface area (Å²) in [6.45, 7) is 1.93. The van der Waals surface area contributed by atoms with E-state index in [9.17, 15) is 9.59 Å². The summed E-state index contributed by atoms with van der Waals surface area (Å²) in [6, 6.07) is 12.3. The Morgan fingerprint density at radius 2 is 2.04 bits per heavy atom. The number of thiazole rings is 1. The van der Waals surface area contributed by atoms with Crippen molar-refractivity contribution in [2.45, 2.75) is 6.92 Å². The molecule has 4 rings (SSSR count). The van der Waals surface area contributed by atoms with Crippen molar-refractivity contribution in [3.8, 4) is 0 Å². The lowest BCUT2D eigenvalue weighted by Crippen LogP contribution is -2.21. The molecule has 24 heavy (non-hydrogen) atoms. The molecule has 1 N–H and O–H groups in total. The van der Waals surface area contributed by atoms with E-state index >= 15 is 0 Å². The van der Waals surface area contributed by atoms with Gasteiger partial charge in [0.2, 0.25) is 5.43 Å². The minimum Gasteiger partial charge on any atom is -0.463 e. The van der Waals surface area contributed by atoms with Crippen LogP contribution in [0.3, 0.4) is 0 Å². The first-order valence-corrected chi connectivity index (χ1v) is 8.12. The Kier molecular flexibility index (Phi) is 3.39. The van der Waals surface area contributed by atoms with Gasteiger partial charge in [-0.1, -0.05) is 12.1 Å². The van der Waals surface area contributed by atoms with Crippen molar-refractivity contribution in [3.05, 3.63) is 69.5 Å². The Bertz CT molecular complexity index is 1140. The van der Waals surface area contributed by atoms with E-state index in [1.54, 1.807) is 47.7 Å². The van der Waals surface area contributed by atoms with Crippen LogP contribution in [0.15, 0.2) is 57.9 Å². The van der Waals surface area contributed by atoms with Crippen molar-refractivity contribution in [1.82, 2.24) is 4.98 Å². The van der Waals surface area contributed by atoms with E-state index in [0.717, 1.165) is 15.2 Å². The fraction of sp³-hybridized carbons (Fsp3) is 0.0556. The fourth-order valence-corrected chi connectivity index (χ4v) is 3.36. The number of nitrogens with one attached hydrogen (secondary N) is 1. The molecule has 0 radical (unpaired) electrons. The van der Waals surface area contributed by atoms with E-state index in [4.69, 9.17) is 4.42 Å². The Balaban J connectivity index is 1.70. The Morgan fingerprint density at radius 3 is 2.92 bits per heavy atom. The number of fused-ring (bicyclic) bond motifs is 2. The van der Waals surface area contributed by atoms with Gasteiger partial charge in [-0.3, -0.25) is 9.59 Å². The third-order valence-electron chi connectivity index (χ3n) is 3.68. The van der Waals surface area contributed by atoms with Gasteiger partial charge in [0.05, 0.1) is 20.6 Å². The number of nitrogens with zero attached hydrogens (tertiary/aromatic N) is 1. The van der Waals surface area contributed by atoms with E-state index < -0.39 is 5.91 Å². The van der Waals surface area contributed by atoms with Crippen LogP contribution in [-0.2, 0) is 0 Å². The van der Waals surface area contributed by atoms with Gasteiger partial charge in [0, 0.05) is 5.69 Å². The molecule has 118 valence electrons. The summed E-state index contributed by atoms with van der Waals surface area (Å²) < 4.78 is 6.44. The zero-order valence-corrected chi connectivity index (χ0v) is 13.5. The van der Waals surface area contributed by atoms with Crippen molar-refractivity contribution >= 4 is 44.1 Å². The van der Waals surface area contributed by atoms with E-state index in [-0.39, 0.29) is 11.0 Å². The minimum atomic E-state index is -0.499. The predicted molar refractivity (Wildman–Crippen MR) is 94.8 cm³/mol. The molecule has 0 bridgehead atoms. The van der Waals surface area contributed by atoms with Gasteiger partial charge in [-0.25, -0.2) is 4.98 Å². The highest BCUT2D eigenvalue weighted by molar-refractivity contribution is 7.18. The number of para-hydroxylation sites is 1. The summed E-state index contributed by atoms with van der Waals surface area (Å²) in [6.07, 6.45) is 1.20. The van der Waals surface area contributed by atoms with E-state index in [0.29, 0.717) is 16.7 Å². The third kappa shape index (κ3) is 2.47. The van der Waals surface area contributed by atoms with Crippen molar-refractivity contribution in [2.24, 2.45) is 0 Å². The molecule has 1 amide bonds. The molecule has 0 saturated heterocycles. The number of benzene rings is 2. The molecule has 0 aliphatic heterocycles. The summed E-state index contributed by atoms with van der Waals surface area (Å²) >= 11 is 1.59. The highest BCUT2D eigenvalue weighted by Gasteiger charge is 2.15. The van der Waals surface area contributed by atoms with Gasteiger partial charge >= 0.3 is 0 Å². The lowest BCUT2D eigenvalue weighted by molar-refractivity contribution is 0.102. The van der Waals surface area contributed by atoms with Gasteiger partial charge in [0.15, 0.2) is 0 Å². The number of anilines is 1. The fourth-order valence-electron chi connectivity index (χ4n) is 2.55. The molecular weight excluding hydrogens is 324 g/mol. The number of aryl methyl sites for hydroxylation is 1. The normalized spacial score (nSPS) is 11.0. The quantitative estimate of drug-likeness (QED) is 0.601. The number of aromatic nitrogens is 1. The van der Waals surface area contributed by atoms with Crippen molar-refractivity contribution in [2.75, 3.05) is 5.32 Å². The largest absolute Gasteiger partial charge is 0.463 e. The van der Waals surface area contributed by atoms with Gasteiger partial charge in [-0.05, 0) is 37.3 Å². The van der Waals surface area contributed by atoms with E-state index in [2.05, 4.69) is 10.3 Å². The molecule has 0 aliphatic rings. The number of hydrogen-bond acceptors (Lipinski definition) is 5. The van der Waals surface area contributed by atoms with Crippen LogP contribution in [0.2, 0.25) is 0 Å². The molecule has 2 aromatic carbocycles. The Morgan fingerprint density at radius 1 is 1.21 bits per heavy atom. The van der Waals surface area contributed by atoms with Crippen LogP contribution in [0.4, 0.5) is 5.69 Å². The number of hydrogen-bond donors (Lipinski definition) is 1. The van der Waals surface area contributed by atoms with Gasteiger partial charge < -0.3 is 9.73 Å². The molecule has 0 atom stereocenters. The highest BCUT2D eigenvalue weighted by Crippen LogP contribution is 2.24. The maximum Gasteiger partial charge on any atom is 0.262 e. The van der Waals surface area contributed by atoms with Crippen LogP contribution in [0.5, 0.6) is 0 Å². The van der Waals surface area contributed by atoms with Gasteiger partial charge in [-0.2, -0.15) is 0 Å². The lowest BCUT2D eigenvalue weighted by Gasteiger charge is -2.05. The summed E-state index contributed by atoms with van der Waals surface area (Å²) in [5, 5.41) is 4.08. The zero-order chi connectivity index (χ0) is 16.7. The molecule has 6 heteroatoms. The average molecular weight is 336 g/mol. The first kappa shape index (κ1) is 14.6. The third-order valence-corrected chi connectivity index (χ3v) is 4.63. The number of carbonyl (C=O) groups is 1. The summed E-state index contributed by atoms with van der Waals surface area (Å²) in [7, 11) is 0. The van der Waals surface area contributed by atoms with Crippen LogP contribution in [0.25, 0.3) is 21.2 Å². The molecule has 0 saturated carbocycles. The smallest absolute Gasteiger partial charge is 0.262 e. The van der Waals surface area contributed by atoms with E-state index in [1.807, 2.05) is 13.0 Å². The molecule has 2 heterocycles. The second-order valence-corrected chi connectivity index (χ2v) is 6.58. The van der Waals surface area contributed by atoms with Crippen LogP contribution in [-0.4, -0.2) is 10.9 Å². The van der Waals surface area contributed by atoms with Crippen LogP contribution in [0, 0.1) is 6.92 Å². The molecule has 0 fully saturated rings. The van der Waals surface area contributed by atoms with Crippen LogP contribution >= 0.6 is 11.3 Å². The van der Waals surface area contributed by atoms with Crippen molar-refractivity contribution < 1.29 is 9.21 Å². The molecule has 4 aromatic rings. The minimum absolute atomic E-state index is 0.0248. The topological polar surface area (TPSA) is 72.2 Å². The van der Waals surface area contributed by atoms with Crippen molar-refractivity contribution in [1.29, 1.82) is 0 Å². The Labute approximate surface area is 140 Å². The maximum absolute atomic E-state index is 12.4. The summed E-state index contributed by atoms with van der Waals surface area (Å²) in [4.78, 5) is 29.3. The second kappa shape index (κ2) is 5.58. The monoisotopic (exact) mass is 336 g/mol. The SMILES string of the molecule is Cc1nc2cc(NC(=O)c3coc4ccccc4c3=O)ccc2s1. The maximum atomic E-state index is 12.4. The molecule has 0 spiro atoms. The van der Waals surface area contributed by atoms with E-state index in [1.165, 1.54) is 6.26 Å². The van der Waals surface area contributed by atoms with Gasteiger partial charge in [-0.15, -0.1) is 11.3 Å². The number of rotatable bonds is 2. The number of carbonyl (C=O) groups excluding carboxylic acids is 1. The Hall–Kier alpha value is -2.99. The molecular formula is C18H12N2O3S. The van der Waals surface area contributed by atoms with Crippen LogP contribution < -0.4 is 10.7 Å². The molecule has 0 aliphatic carbocycles. The first-order valence-electron chi connectivity index (χ1n) is 7.31. The molecule has 0 unspecified atom stereocenters. The van der Waals surface area contributed by atoms with Crippen LogP contribution in [0.1, 0.15) is 15.4 Å². The van der Waals surface area contributed by atoms with Crippen molar-refractivity contribution in [3.63, 3.8) is 0 Å².